The van der Waals surface area contributed by atoms with E-state index >= 15 is 0 Å². The van der Waals surface area contributed by atoms with Crippen molar-refractivity contribution < 1.29 is 13.2 Å². The zero-order valence-corrected chi connectivity index (χ0v) is 16.4. The normalized spacial score (nSPS) is 26.8. The van der Waals surface area contributed by atoms with Crippen molar-refractivity contribution in [3.63, 3.8) is 0 Å². The third-order valence-corrected chi connectivity index (χ3v) is 8.07. The number of ether oxygens (including phenoxy) is 1. The first-order valence-corrected chi connectivity index (χ1v) is 11.7. The van der Waals surface area contributed by atoms with Gasteiger partial charge in [-0.25, -0.2) is 8.42 Å². The number of sulfonamides is 1. The topological polar surface area (TPSA) is 71.0 Å². The van der Waals surface area contributed by atoms with Crippen molar-refractivity contribution in [1.29, 1.82) is 0 Å². The number of nitrogens with one attached hydrogen (secondary N) is 1. The van der Waals surface area contributed by atoms with Gasteiger partial charge in [-0.15, -0.1) is 0 Å². The number of hydrogen-bond acceptors (Lipinski definition) is 6. The molecule has 0 spiro atoms. The lowest BCUT2D eigenvalue weighted by Crippen LogP contribution is -2.40. The fraction of sp³-hybridized carbons (Fsp3) is 0.611. The van der Waals surface area contributed by atoms with Crippen LogP contribution in [0.2, 0.25) is 0 Å². The van der Waals surface area contributed by atoms with Crippen LogP contribution in [-0.4, -0.2) is 56.3 Å². The van der Waals surface area contributed by atoms with Crippen LogP contribution in [0.15, 0.2) is 34.2 Å². The summed E-state index contributed by atoms with van der Waals surface area (Å²) >= 11 is 1.67. The van der Waals surface area contributed by atoms with Crippen molar-refractivity contribution in [1.82, 2.24) is 9.62 Å². The van der Waals surface area contributed by atoms with Gasteiger partial charge in [-0.1, -0.05) is 36.7 Å². The van der Waals surface area contributed by atoms with Crippen LogP contribution in [0.1, 0.15) is 31.2 Å². The summed E-state index contributed by atoms with van der Waals surface area (Å²) in [5.74, 6) is 0.720. The number of nitrogens with zero attached hydrogens (tertiary/aromatic N) is 2. The van der Waals surface area contributed by atoms with Gasteiger partial charge in [0.2, 0.25) is 10.0 Å². The average molecular weight is 396 g/mol. The summed E-state index contributed by atoms with van der Waals surface area (Å²) in [6.07, 6.45) is 4.93. The minimum absolute atomic E-state index is 0.368. The molecule has 2 heterocycles. The molecule has 142 valence electrons. The molecule has 1 aromatic carbocycles. The maximum Gasteiger partial charge on any atom is 0.243 e. The van der Waals surface area contributed by atoms with Crippen LogP contribution in [0.5, 0.6) is 0 Å². The van der Waals surface area contributed by atoms with Crippen LogP contribution in [0.25, 0.3) is 0 Å². The van der Waals surface area contributed by atoms with Gasteiger partial charge < -0.3 is 10.1 Å². The molecule has 3 aliphatic rings. The first-order chi connectivity index (χ1) is 12.6. The maximum absolute atomic E-state index is 12.8. The molecule has 4 rings (SSSR count). The molecular weight excluding hydrogens is 370 g/mol. The molecule has 2 unspecified atom stereocenters. The predicted molar refractivity (Wildman–Crippen MR) is 104 cm³/mol. The molecular formula is C18H25N3O3S2. The second-order valence-electron chi connectivity index (χ2n) is 6.99. The molecule has 0 radical (unpaired) electrons. The van der Waals surface area contributed by atoms with Crippen molar-refractivity contribution in [2.75, 3.05) is 26.3 Å². The quantitative estimate of drug-likeness (QED) is 0.846. The molecule has 26 heavy (non-hydrogen) atoms. The standard InChI is InChI=1S/C18H25N3O3S2/c22-26(23,21-8-10-24-11-9-21)15-5-3-4-14(12-15)13-25-18-19-16-6-1-2-7-17(16)20-18/h3-5,12,16-17H,1-2,6-11,13H2,(H,19,20). The molecule has 0 aromatic heterocycles. The maximum atomic E-state index is 12.8. The zero-order valence-electron chi connectivity index (χ0n) is 14.8. The van der Waals surface area contributed by atoms with E-state index in [0.29, 0.717) is 43.3 Å². The lowest BCUT2D eigenvalue weighted by molar-refractivity contribution is 0.0730. The largest absolute Gasteiger partial charge is 0.379 e. The number of benzene rings is 1. The Hall–Kier alpha value is -1.09. The summed E-state index contributed by atoms with van der Waals surface area (Å²) < 4.78 is 32.4. The number of amidine groups is 1. The van der Waals surface area contributed by atoms with Gasteiger partial charge in [0.15, 0.2) is 5.17 Å². The van der Waals surface area contributed by atoms with E-state index in [0.717, 1.165) is 16.5 Å². The zero-order chi connectivity index (χ0) is 18.0. The molecule has 0 bridgehead atoms. The molecule has 2 atom stereocenters. The number of thioether (sulfide) groups is 1. The van der Waals surface area contributed by atoms with E-state index in [2.05, 4.69) is 5.32 Å². The van der Waals surface area contributed by atoms with Gasteiger partial charge in [0.1, 0.15) is 0 Å². The van der Waals surface area contributed by atoms with Crippen LogP contribution in [0.3, 0.4) is 0 Å². The molecule has 1 saturated carbocycles. The molecule has 8 heteroatoms. The third-order valence-electron chi connectivity index (χ3n) is 5.20. The SMILES string of the molecule is O=S(=O)(c1cccc(CSC2=NC3CCCCC3N2)c1)N1CCOCC1. The number of fused-ring (bicyclic) bond motifs is 1. The third kappa shape index (κ3) is 3.93. The highest BCUT2D eigenvalue weighted by Crippen LogP contribution is 2.28. The Morgan fingerprint density at radius 1 is 1.23 bits per heavy atom. The van der Waals surface area contributed by atoms with E-state index in [1.54, 1.807) is 23.9 Å². The summed E-state index contributed by atoms with van der Waals surface area (Å²) in [5, 5.41) is 4.54. The fourth-order valence-electron chi connectivity index (χ4n) is 3.74. The Kier molecular flexibility index (Phi) is 5.54. The summed E-state index contributed by atoms with van der Waals surface area (Å²) in [5.41, 5.74) is 1.00. The van der Waals surface area contributed by atoms with Crippen LogP contribution < -0.4 is 5.32 Å². The fourth-order valence-corrected chi connectivity index (χ4v) is 6.15. The minimum atomic E-state index is -3.44. The van der Waals surface area contributed by atoms with E-state index in [-0.39, 0.29) is 0 Å². The molecule has 1 aliphatic carbocycles. The van der Waals surface area contributed by atoms with Crippen molar-refractivity contribution in [2.24, 2.45) is 4.99 Å². The number of rotatable bonds is 4. The highest BCUT2D eigenvalue weighted by Gasteiger charge is 2.31. The lowest BCUT2D eigenvalue weighted by Gasteiger charge is -2.26. The van der Waals surface area contributed by atoms with Crippen molar-refractivity contribution in [3.8, 4) is 0 Å². The first-order valence-electron chi connectivity index (χ1n) is 9.27. The Morgan fingerprint density at radius 3 is 2.85 bits per heavy atom. The molecule has 1 N–H and O–H groups in total. The Labute approximate surface area is 159 Å². The van der Waals surface area contributed by atoms with Crippen LogP contribution in [-0.2, 0) is 20.5 Å². The Balaban J connectivity index is 1.41. The number of hydrogen-bond donors (Lipinski definition) is 1. The van der Waals surface area contributed by atoms with Crippen molar-refractivity contribution in [2.45, 2.75) is 48.4 Å². The second kappa shape index (κ2) is 7.88. The summed E-state index contributed by atoms with van der Waals surface area (Å²) in [4.78, 5) is 5.17. The van der Waals surface area contributed by atoms with Crippen molar-refractivity contribution >= 4 is 27.0 Å². The van der Waals surface area contributed by atoms with Gasteiger partial charge in [0.25, 0.3) is 0 Å². The van der Waals surface area contributed by atoms with Gasteiger partial charge in [0, 0.05) is 18.8 Å². The predicted octanol–water partition coefficient (Wildman–Crippen LogP) is 2.21. The summed E-state index contributed by atoms with van der Waals surface area (Å²) in [6, 6.07) is 8.21. The average Bonchev–Trinajstić information content (AvgIpc) is 3.10. The van der Waals surface area contributed by atoms with E-state index in [1.807, 2.05) is 12.1 Å². The molecule has 0 amide bonds. The van der Waals surface area contributed by atoms with Crippen molar-refractivity contribution in [3.05, 3.63) is 29.8 Å². The van der Waals surface area contributed by atoms with Gasteiger partial charge in [-0.05, 0) is 30.5 Å². The van der Waals surface area contributed by atoms with Gasteiger partial charge in [-0.2, -0.15) is 4.31 Å². The molecule has 6 nitrogen and oxygen atoms in total. The van der Waals surface area contributed by atoms with Gasteiger partial charge in [-0.3, -0.25) is 4.99 Å². The van der Waals surface area contributed by atoms with E-state index in [1.165, 1.54) is 30.0 Å². The minimum Gasteiger partial charge on any atom is -0.379 e. The molecule has 2 aliphatic heterocycles. The highest BCUT2D eigenvalue weighted by molar-refractivity contribution is 8.13. The monoisotopic (exact) mass is 395 g/mol. The molecule has 1 saturated heterocycles. The van der Waals surface area contributed by atoms with E-state index in [4.69, 9.17) is 9.73 Å². The van der Waals surface area contributed by atoms with Crippen LogP contribution in [0, 0.1) is 0 Å². The second-order valence-corrected chi connectivity index (χ2v) is 9.89. The molecule has 1 aromatic rings. The van der Waals surface area contributed by atoms with E-state index in [9.17, 15) is 8.42 Å². The van der Waals surface area contributed by atoms with Crippen LogP contribution >= 0.6 is 11.8 Å². The number of aliphatic imine (C=N–C) groups is 1. The first kappa shape index (κ1) is 18.3. The van der Waals surface area contributed by atoms with E-state index < -0.39 is 10.0 Å². The van der Waals surface area contributed by atoms with Gasteiger partial charge >= 0.3 is 0 Å². The molecule has 2 fully saturated rings. The van der Waals surface area contributed by atoms with Crippen LogP contribution in [0.4, 0.5) is 0 Å². The Bertz CT molecular complexity index is 776. The Morgan fingerprint density at radius 2 is 2.04 bits per heavy atom. The smallest absolute Gasteiger partial charge is 0.243 e. The highest BCUT2D eigenvalue weighted by atomic mass is 32.2. The summed E-state index contributed by atoms with van der Waals surface area (Å²) in [7, 11) is -3.44. The van der Waals surface area contributed by atoms with Gasteiger partial charge in [0.05, 0.1) is 30.2 Å². The summed E-state index contributed by atoms with van der Waals surface area (Å²) in [6.45, 7) is 1.76. The number of morpholine rings is 1. The lowest BCUT2D eigenvalue weighted by atomic mass is 9.92.